The van der Waals surface area contributed by atoms with Crippen molar-refractivity contribution in [3.63, 3.8) is 0 Å². The van der Waals surface area contributed by atoms with E-state index in [1.807, 2.05) is 31.2 Å². The summed E-state index contributed by atoms with van der Waals surface area (Å²) in [7, 11) is 0. The van der Waals surface area contributed by atoms with E-state index in [0.29, 0.717) is 12.2 Å². The molecule has 6 nitrogen and oxygen atoms in total. The predicted octanol–water partition coefficient (Wildman–Crippen LogP) is 3.27. The van der Waals surface area contributed by atoms with Crippen molar-refractivity contribution in [2.45, 2.75) is 13.3 Å². The fraction of sp³-hybridized carbons (Fsp3) is 0.188. The number of anilines is 1. The van der Waals surface area contributed by atoms with Crippen LogP contribution in [0.15, 0.2) is 48.5 Å². The van der Waals surface area contributed by atoms with Crippen molar-refractivity contribution in [1.29, 1.82) is 0 Å². The number of non-ortho nitro benzene ring substituents is 1. The van der Waals surface area contributed by atoms with E-state index in [9.17, 15) is 14.9 Å². The third-order valence-corrected chi connectivity index (χ3v) is 3.16. The maximum absolute atomic E-state index is 11.7. The zero-order valence-electron chi connectivity index (χ0n) is 12.2. The molecule has 6 heteroatoms. The van der Waals surface area contributed by atoms with Crippen LogP contribution >= 0.6 is 0 Å². The zero-order chi connectivity index (χ0) is 15.9. The van der Waals surface area contributed by atoms with Gasteiger partial charge in [0, 0.05) is 24.4 Å². The van der Waals surface area contributed by atoms with E-state index in [1.165, 1.54) is 29.8 Å². The molecule has 114 valence electrons. The number of nitro groups is 1. The van der Waals surface area contributed by atoms with Gasteiger partial charge in [-0.1, -0.05) is 29.8 Å². The van der Waals surface area contributed by atoms with Gasteiger partial charge in [-0.3, -0.25) is 10.1 Å². The summed E-state index contributed by atoms with van der Waals surface area (Å²) in [6.45, 7) is 2.54. The number of aryl methyl sites for hydroxylation is 1. The topological polar surface area (TPSA) is 84.3 Å². The Morgan fingerprint density at radius 1 is 1.09 bits per heavy atom. The van der Waals surface area contributed by atoms with Crippen molar-refractivity contribution in [2.75, 3.05) is 11.9 Å². The van der Waals surface area contributed by atoms with Crippen LogP contribution in [0.25, 0.3) is 0 Å². The number of amides is 2. The molecule has 2 rings (SSSR count). The largest absolute Gasteiger partial charge is 0.338 e. The molecule has 0 unspecified atom stereocenters. The van der Waals surface area contributed by atoms with Crippen LogP contribution in [0, 0.1) is 17.0 Å². The van der Waals surface area contributed by atoms with E-state index in [-0.39, 0.29) is 11.7 Å². The van der Waals surface area contributed by atoms with Crippen molar-refractivity contribution in [2.24, 2.45) is 0 Å². The first kappa shape index (κ1) is 15.5. The molecule has 0 aliphatic rings. The van der Waals surface area contributed by atoms with E-state index in [4.69, 9.17) is 0 Å². The van der Waals surface area contributed by atoms with Gasteiger partial charge in [-0.15, -0.1) is 0 Å². The molecular formula is C16H17N3O3. The number of rotatable bonds is 5. The van der Waals surface area contributed by atoms with E-state index in [2.05, 4.69) is 10.6 Å². The molecule has 2 amide bonds. The molecule has 0 spiro atoms. The van der Waals surface area contributed by atoms with Crippen LogP contribution < -0.4 is 10.6 Å². The maximum atomic E-state index is 11.7. The molecule has 0 aromatic heterocycles. The molecule has 0 saturated carbocycles. The van der Waals surface area contributed by atoms with Crippen LogP contribution in [-0.2, 0) is 6.42 Å². The van der Waals surface area contributed by atoms with E-state index < -0.39 is 4.92 Å². The highest BCUT2D eigenvalue weighted by Gasteiger charge is 2.06. The Morgan fingerprint density at radius 3 is 2.32 bits per heavy atom. The quantitative estimate of drug-likeness (QED) is 0.656. The van der Waals surface area contributed by atoms with E-state index in [0.717, 1.165) is 12.0 Å². The molecule has 2 aromatic rings. The van der Waals surface area contributed by atoms with Crippen LogP contribution in [0.5, 0.6) is 0 Å². The van der Waals surface area contributed by atoms with Gasteiger partial charge in [0.05, 0.1) is 4.92 Å². The summed E-state index contributed by atoms with van der Waals surface area (Å²) in [6.07, 6.45) is 0.744. The molecule has 22 heavy (non-hydrogen) atoms. The van der Waals surface area contributed by atoms with Crippen LogP contribution in [0.3, 0.4) is 0 Å². The van der Waals surface area contributed by atoms with Crippen molar-refractivity contribution >= 4 is 17.4 Å². The fourth-order valence-electron chi connectivity index (χ4n) is 1.92. The second-order valence-corrected chi connectivity index (χ2v) is 4.92. The van der Waals surface area contributed by atoms with Gasteiger partial charge in [-0.2, -0.15) is 0 Å². The van der Waals surface area contributed by atoms with E-state index >= 15 is 0 Å². The maximum Gasteiger partial charge on any atom is 0.319 e. The number of hydrogen-bond acceptors (Lipinski definition) is 3. The minimum absolute atomic E-state index is 0.00895. The Balaban J connectivity index is 1.77. The van der Waals surface area contributed by atoms with Crippen molar-refractivity contribution in [3.05, 3.63) is 69.8 Å². The Kier molecular flexibility index (Phi) is 5.08. The van der Waals surface area contributed by atoms with Crippen LogP contribution in [0.1, 0.15) is 11.1 Å². The van der Waals surface area contributed by atoms with Gasteiger partial charge in [-0.05, 0) is 31.0 Å². The predicted molar refractivity (Wildman–Crippen MR) is 85.0 cm³/mol. The molecule has 0 saturated heterocycles. The fourth-order valence-corrected chi connectivity index (χ4v) is 1.92. The van der Waals surface area contributed by atoms with E-state index in [1.54, 1.807) is 0 Å². The summed E-state index contributed by atoms with van der Waals surface area (Å²) in [5.74, 6) is 0. The second-order valence-electron chi connectivity index (χ2n) is 4.92. The number of urea groups is 1. The lowest BCUT2D eigenvalue weighted by Gasteiger charge is -2.07. The number of carbonyl (C=O) groups excluding carboxylic acids is 1. The zero-order valence-corrected chi connectivity index (χ0v) is 12.2. The normalized spacial score (nSPS) is 10.0. The summed E-state index contributed by atoms with van der Waals surface area (Å²) in [6, 6.07) is 13.5. The Hall–Kier alpha value is -2.89. The van der Waals surface area contributed by atoms with Gasteiger partial charge in [0.2, 0.25) is 0 Å². The van der Waals surface area contributed by atoms with Gasteiger partial charge in [-0.25, -0.2) is 4.79 Å². The second kappa shape index (κ2) is 7.21. The third kappa shape index (κ3) is 4.59. The Morgan fingerprint density at radius 2 is 1.73 bits per heavy atom. The van der Waals surface area contributed by atoms with Gasteiger partial charge >= 0.3 is 6.03 Å². The molecule has 0 aliphatic carbocycles. The van der Waals surface area contributed by atoms with Crippen molar-refractivity contribution in [1.82, 2.24) is 5.32 Å². The first-order valence-corrected chi connectivity index (χ1v) is 6.89. The lowest BCUT2D eigenvalue weighted by molar-refractivity contribution is -0.384. The van der Waals surface area contributed by atoms with Gasteiger partial charge in [0.25, 0.3) is 5.69 Å². The highest BCUT2D eigenvalue weighted by atomic mass is 16.6. The summed E-state index contributed by atoms with van der Waals surface area (Å²) in [5.41, 5.74) is 2.86. The Bertz CT molecular complexity index is 651. The van der Waals surface area contributed by atoms with Gasteiger partial charge in [0.1, 0.15) is 0 Å². The molecule has 0 heterocycles. The first-order valence-electron chi connectivity index (χ1n) is 6.89. The molecular weight excluding hydrogens is 282 g/mol. The number of nitrogens with one attached hydrogen (secondary N) is 2. The van der Waals surface area contributed by atoms with Crippen LogP contribution in [0.2, 0.25) is 0 Å². The minimum Gasteiger partial charge on any atom is -0.338 e. The molecule has 0 radical (unpaired) electrons. The Labute approximate surface area is 128 Å². The molecule has 2 aromatic carbocycles. The smallest absolute Gasteiger partial charge is 0.319 e. The minimum atomic E-state index is -0.481. The number of benzene rings is 2. The number of carbonyl (C=O) groups is 1. The van der Waals surface area contributed by atoms with Crippen LogP contribution in [-0.4, -0.2) is 17.5 Å². The SMILES string of the molecule is Cc1ccc(CCNC(=O)Nc2ccc([N+](=O)[O-])cc2)cc1. The molecule has 2 N–H and O–H groups in total. The average molecular weight is 299 g/mol. The standard InChI is InChI=1S/C16H17N3O3/c1-12-2-4-13(5-3-12)10-11-17-16(20)18-14-6-8-15(9-7-14)19(21)22/h2-9H,10-11H2,1H3,(H2,17,18,20). The van der Waals surface area contributed by atoms with Gasteiger partial charge < -0.3 is 10.6 Å². The average Bonchev–Trinajstić information content (AvgIpc) is 2.50. The summed E-state index contributed by atoms with van der Waals surface area (Å²) in [5, 5.41) is 15.9. The van der Waals surface area contributed by atoms with Crippen LogP contribution in [0.4, 0.5) is 16.2 Å². The molecule has 0 bridgehead atoms. The molecule has 0 fully saturated rings. The number of nitrogens with zero attached hydrogens (tertiary/aromatic N) is 1. The molecule has 0 aliphatic heterocycles. The van der Waals surface area contributed by atoms with Crippen molar-refractivity contribution in [3.8, 4) is 0 Å². The summed E-state index contributed by atoms with van der Waals surface area (Å²) >= 11 is 0. The summed E-state index contributed by atoms with van der Waals surface area (Å²) in [4.78, 5) is 21.8. The lowest BCUT2D eigenvalue weighted by atomic mass is 10.1. The monoisotopic (exact) mass is 299 g/mol. The highest BCUT2D eigenvalue weighted by Crippen LogP contribution is 2.15. The number of hydrogen-bond donors (Lipinski definition) is 2. The van der Waals surface area contributed by atoms with Crippen molar-refractivity contribution < 1.29 is 9.72 Å². The third-order valence-electron chi connectivity index (χ3n) is 3.16. The summed E-state index contributed by atoms with van der Waals surface area (Å²) < 4.78 is 0. The number of nitro benzene ring substituents is 1. The molecule has 0 atom stereocenters. The van der Waals surface area contributed by atoms with Gasteiger partial charge in [0.15, 0.2) is 0 Å². The lowest BCUT2D eigenvalue weighted by Crippen LogP contribution is -2.30. The first-order chi connectivity index (χ1) is 10.5. The highest BCUT2D eigenvalue weighted by molar-refractivity contribution is 5.89.